The van der Waals surface area contributed by atoms with E-state index < -0.39 is 10.8 Å². The Balaban J connectivity index is 1.16. The molecule has 5 heteroatoms. The molecule has 11 aromatic rings. The van der Waals surface area contributed by atoms with E-state index in [0.717, 1.165) is 62.2 Å². The molecule has 0 N–H and O–H groups in total. The number of benzene rings is 8. The molecule has 0 radical (unpaired) electrons. The third kappa shape index (κ3) is 9.44. The fraction of sp³-hybridized carbons (Fsp3) is 0.233. The van der Waals surface area contributed by atoms with Crippen molar-refractivity contribution in [3.05, 3.63) is 270 Å². The highest BCUT2D eigenvalue weighted by Crippen LogP contribution is 2.45. The summed E-state index contributed by atoms with van der Waals surface area (Å²) in [7, 11) is 0. The lowest BCUT2D eigenvalue weighted by Crippen LogP contribution is -2.43. The molecule has 0 spiro atoms. The predicted octanol–water partition coefficient (Wildman–Crippen LogP) is 18.1. The molecular formula is C73H72N4O. The zero-order chi connectivity index (χ0) is 54.8. The van der Waals surface area contributed by atoms with E-state index in [4.69, 9.17) is 9.72 Å². The molecule has 3 aromatic heterocycles. The summed E-state index contributed by atoms with van der Waals surface area (Å²) in [5.41, 5.74) is 14.4. The van der Waals surface area contributed by atoms with Crippen LogP contribution in [-0.4, -0.2) is 14.1 Å². The normalized spacial score (nSPS) is 12.6. The Kier molecular flexibility index (Phi) is 13.0. The third-order valence-electron chi connectivity index (χ3n) is 16.3. The smallest absolute Gasteiger partial charge is 0.269 e. The van der Waals surface area contributed by atoms with E-state index in [1.807, 2.05) is 6.20 Å². The van der Waals surface area contributed by atoms with Crippen molar-refractivity contribution in [1.29, 1.82) is 0 Å². The van der Waals surface area contributed by atoms with Gasteiger partial charge in [0.2, 0.25) is 0 Å². The molecule has 0 amide bonds. The van der Waals surface area contributed by atoms with Crippen LogP contribution < -0.4 is 9.30 Å². The highest BCUT2D eigenvalue weighted by Gasteiger charge is 2.40. The van der Waals surface area contributed by atoms with E-state index in [9.17, 15) is 0 Å². The SMILES string of the molecule is CC(C)(C)c1ccnc(-n2c3ccccc3c3c(C(C)(C)C)cc(Oc4cccc(-n5[c-][n+](-c6cc(-c7ccccc7)cc(C(C)(C)c7ccccc7)c6)c(C(C)(C)c6ccccc6)c5C(C)(C)c5ccccc5)c4)cc32)c1. The van der Waals surface area contributed by atoms with Crippen molar-refractivity contribution in [1.82, 2.24) is 14.1 Å². The van der Waals surface area contributed by atoms with Gasteiger partial charge in [0.15, 0.2) is 0 Å². The van der Waals surface area contributed by atoms with Crippen LogP contribution in [0.2, 0.25) is 0 Å². The maximum atomic E-state index is 7.21. The first kappa shape index (κ1) is 51.8. The number of para-hydroxylation sites is 1. The Bertz CT molecular complexity index is 3960. The van der Waals surface area contributed by atoms with Crippen molar-refractivity contribution < 1.29 is 9.30 Å². The van der Waals surface area contributed by atoms with Crippen LogP contribution in [0, 0.1) is 6.33 Å². The molecule has 0 atom stereocenters. The third-order valence-corrected chi connectivity index (χ3v) is 16.3. The first-order chi connectivity index (χ1) is 37.2. The molecule has 5 nitrogen and oxygen atoms in total. The minimum Gasteiger partial charge on any atom is -0.458 e. The Morgan fingerprint density at radius 1 is 0.436 bits per heavy atom. The second-order valence-electron chi connectivity index (χ2n) is 24.8. The summed E-state index contributed by atoms with van der Waals surface area (Å²) in [6, 6.07) is 76.7. The van der Waals surface area contributed by atoms with Crippen molar-refractivity contribution >= 4 is 21.8 Å². The van der Waals surface area contributed by atoms with Gasteiger partial charge in [0, 0.05) is 39.3 Å². The van der Waals surface area contributed by atoms with Crippen molar-refractivity contribution in [2.75, 3.05) is 0 Å². The topological polar surface area (TPSA) is 35.9 Å². The van der Waals surface area contributed by atoms with E-state index in [1.54, 1.807) is 0 Å². The molecule has 8 aromatic carbocycles. The second-order valence-corrected chi connectivity index (χ2v) is 24.8. The summed E-state index contributed by atoms with van der Waals surface area (Å²) >= 11 is 0. The number of fused-ring (bicyclic) bond motifs is 3. The molecule has 0 fully saturated rings. The van der Waals surface area contributed by atoms with Gasteiger partial charge in [-0.15, -0.1) is 0 Å². The fourth-order valence-electron chi connectivity index (χ4n) is 11.6. The zero-order valence-corrected chi connectivity index (χ0v) is 47.5. The van der Waals surface area contributed by atoms with Crippen LogP contribution in [0.1, 0.15) is 128 Å². The van der Waals surface area contributed by atoms with Gasteiger partial charge in [-0.2, -0.15) is 0 Å². The molecule has 0 aliphatic rings. The van der Waals surface area contributed by atoms with Gasteiger partial charge in [0.05, 0.1) is 33.8 Å². The first-order valence-electron chi connectivity index (χ1n) is 27.5. The van der Waals surface area contributed by atoms with Crippen LogP contribution in [0.4, 0.5) is 0 Å². The van der Waals surface area contributed by atoms with E-state index in [1.165, 1.54) is 44.2 Å². The Morgan fingerprint density at radius 3 is 1.65 bits per heavy atom. The highest BCUT2D eigenvalue weighted by molar-refractivity contribution is 6.11. The summed E-state index contributed by atoms with van der Waals surface area (Å²) in [6.07, 6.45) is 6.04. The van der Waals surface area contributed by atoms with Gasteiger partial charge in [-0.1, -0.05) is 235 Å². The first-order valence-corrected chi connectivity index (χ1v) is 27.5. The Labute approximate surface area is 462 Å². The highest BCUT2D eigenvalue weighted by atomic mass is 16.5. The van der Waals surface area contributed by atoms with E-state index in [2.05, 4.69) is 315 Å². The molecule has 3 heterocycles. The summed E-state index contributed by atoms with van der Waals surface area (Å²) in [4.78, 5) is 5.03. The molecule has 11 rings (SSSR count). The molecule has 0 aliphatic carbocycles. The fourth-order valence-corrected chi connectivity index (χ4v) is 11.6. The quantitative estimate of drug-likeness (QED) is 0.0903. The molecule has 0 unspecified atom stereocenters. The van der Waals surface area contributed by atoms with E-state index in [-0.39, 0.29) is 16.2 Å². The average molecular weight is 1020 g/mol. The minimum absolute atomic E-state index is 0.0502. The second kappa shape index (κ2) is 19.6. The van der Waals surface area contributed by atoms with Crippen LogP contribution >= 0.6 is 0 Å². The molecule has 0 bridgehead atoms. The van der Waals surface area contributed by atoms with Crippen molar-refractivity contribution in [3.8, 4) is 39.8 Å². The van der Waals surface area contributed by atoms with Gasteiger partial charge in [-0.05, 0) is 110 Å². The van der Waals surface area contributed by atoms with Gasteiger partial charge in [0.1, 0.15) is 17.3 Å². The Morgan fingerprint density at radius 2 is 1.03 bits per heavy atom. The molecule has 78 heavy (non-hydrogen) atoms. The lowest BCUT2D eigenvalue weighted by molar-refractivity contribution is -0.611. The number of imidazole rings is 1. The number of aromatic nitrogens is 4. The van der Waals surface area contributed by atoms with Crippen LogP contribution in [0.5, 0.6) is 11.5 Å². The van der Waals surface area contributed by atoms with Crippen molar-refractivity contribution in [2.45, 2.75) is 110 Å². The van der Waals surface area contributed by atoms with Crippen molar-refractivity contribution in [2.24, 2.45) is 0 Å². The molecule has 0 saturated heterocycles. The summed E-state index contributed by atoms with van der Waals surface area (Å²) in [5, 5.41) is 2.40. The van der Waals surface area contributed by atoms with Crippen molar-refractivity contribution in [3.63, 3.8) is 0 Å². The molecule has 0 aliphatic heterocycles. The summed E-state index contributed by atoms with van der Waals surface area (Å²) in [5.74, 6) is 2.37. The zero-order valence-electron chi connectivity index (χ0n) is 47.5. The number of rotatable bonds is 12. The van der Waals surface area contributed by atoms with Crippen LogP contribution in [-0.2, 0) is 27.1 Å². The van der Waals surface area contributed by atoms with Gasteiger partial charge < -0.3 is 4.74 Å². The monoisotopic (exact) mass is 1020 g/mol. The lowest BCUT2D eigenvalue weighted by Gasteiger charge is -2.35. The Hall–Kier alpha value is -8.28. The lowest BCUT2D eigenvalue weighted by atomic mass is 9.73. The summed E-state index contributed by atoms with van der Waals surface area (Å²) in [6.45, 7) is 27.8. The number of pyridine rings is 1. The maximum absolute atomic E-state index is 7.21. The standard InChI is InChI=1S/C73H72N4O/c1-69(2,3)55-40-41-74-65(45-55)77-63-39-26-25-38-61(63)66-62(70(4,5)6)47-60(48-64(66)77)78-59-37-27-36-57(46-59)75-49-76(68(73(11,12)54-34-23-16-24-35-54)67(75)72(9,10)53-32-21-15-22-33-53)58-43-51(50-28-17-13-18-29-50)42-56(44-58)71(7,8)52-30-19-14-20-31-52/h13-48H,1-12H3. The average Bonchev–Trinajstić information content (AvgIpc) is 4.07. The molecular weight excluding hydrogens is 949 g/mol. The van der Waals surface area contributed by atoms with E-state index in [0.29, 0.717) is 0 Å². The molecule has 390 valence electrons. The maximum Gasteiger partial charge on any atom is 0.269 e. The van der Waals surface area contributed by atoms with Crippen LogP contribution in [0.15, 0.2) is 219 Å². The van der Waals surface area contributed by atoms with Gasteiger partial charge in [0.25, 0.3) is 6.33 Å². The number of hydrogen-bond donors (Lipinski definition) is 0. The largest absolute Gasteiger partial charge is 0.458 e. The summed E-state index contributed by atoms with van der Waals surface area (Å²) < 4.78 is 14.2. The number of nitrogens with zero attached hydrogens (tertiary/aromatic N) is 4. The van der Waals surface area contributed by atoms with Gasteiger partial charge >= 0.3 is 0 Å². The predicted molar refractivity (Wildman–Crippen MR) is 323 cm³/mol. The minimum atomic E-state index is -0.525. The van der Waals surface area contributed by atoms with Crippen LogP contribution in [0.25, 0.3) is 50.1 Å². The van der Waals surface area contributed by atoms with Crippen LogP contribution in [0.3, 0.4) is 0 Å². The number of hydrogen-bond acceptors (Lipinski definition) is 2. The van der Waals surface area contributed by atoms with E-state index >= 15 is 0 Å². The van der Waals surface area contributed by atoms with Gasteiger partial charge in [-0.25, -0.2) is 4.98 Å². The number of ether oxygens (including phenoxy) is 1. The molecule has 0 saturated carbocycles. The van der Waals surface area contributed by atoms with Gasteiger partial charge in [-0.3, -0.25) is 13.7 Å².